The van der Waals surface area contributed by atoms with Gasteiger partial charge in [0.1, 0.15) is 0 Å². The zero-order valence-electron chi connectivity index (χ0n) is 12.2. The van der Waals surface area contributed by atoms with E-state index in [0.717, 1.165) is 19.2 Å². The number of nitrogens with zero attached hydrogens (tertiary/aromatic N) is 1. The Morgan fingerprint density at radius 2 is 2.06 bits per heavy atom. The maximum Gasteiger partial charge on any atom is 0.0702 e. The Morgan fingerprint density at radius 3 is 2.72 bits per heavy atom. The van der Waals surface area contributed by atoms with E-state index in [1.54, 1.807) is 0 Å². The van der Waals surface area contributed by atoms with Gasteiger partial charge in [0.25, 0.3) is 0 Å². The molecule has 18 heavy (non-hydrogen) atoms. The standard InChI is InChI=1S/C15H30N2O/c1-13(11-14-7-3-5-9-16-14)17(2)12-15-8-4-6-10-18-15/h13-16H,3-12H2,1-2H3. The average Bonchev–Trinajstić information content (AvgIpc) is 2.41. The fourth-order valence-electron chi connectivity index (χ4n) is 3.17. The van der Waals surface area contributed by atoms with Crippen molar-refractivity contribution in [3.05, 3.63) is 0 Å². The lowest BCUT2D eigenvalue weighted by atomic mass is 9.98. The molecule has 0 spiro atoms. The molecule has 0 aromatic rings. The van der Waals surface area contributed by atoms with Crippen LogP contribution >= 0.6 is 0 Å². The molecule has 3 nitrogen and oxygen atoms in total. The number of rotatable bonds is 5. The number of likely N-dealkylation sites (N-methyl/N-ethyl adjacent to an activating group) is 1. The fourth-order valence-corrected chi connectivity index (χ4v) is 3.17. The van der Waals surface area contributed by atoms with Gasteiger partial charge in [0.05, 0.1) is 6.10 Å². The molecule has 2 aliphatic rings. The molecular formula is C15H30N2O. The van der Waals surface area contributed by atoms with Crippen LogP contribution in [0.25, 0.3) is 0 Å². The first-order chi connectivity index (χ1) is 8.75. The maximum atomic E-state index is 5.83. The van der Waals surface area contributed by atoms with Crippen molar-refractivity contribution in [2.24, 2.45) is 0 Å². The van der Waals surface area contributed by atoms with Gasteiger partial charge in [-0.15, -0.1) is 0 Å². The molecule has 2 saturated heterocycles. The second-order valence-corrected chi connectivity index (χ2v) is 6.16. The summed E-state index contributed by atoms with van der Waals surface area (Å²) in [5, 5.41) is 3.65. The Bertz CT molecular complexity index is 199. The van der Waals surface area contributed by atoms with Gasteiger partial charge in [-0.1, -0.05) is 6.42 Å². The van der Waals surface area contributed by atoms with Gasteiger partial charge in [-0.05, 0) is 59.0 Å². The van der Waals surface area contributed by atoms with Crippen LogP contribution in [0.15, 0.2) is 0 Å². The van der Waals surface area contributed by atoms with E-state index < -0.39 is 0 Å². The molecule has 1 N–H and O–H groups in total. The van der Waals surface area contributed by atoms with Gasteiger partial charge in [-0.25, -0.2) is 0 Å². The van der Waals surface area contributed by atoms with Crippen LogP contribution in [0.5, 0.6) is 0 Å². The molecule has 0 bridgehead atoms. The van der Waals surface area contributed by atoms with Crippen LogP contribution in [-0.4, -0.2) is 49.8 Å². The quantitative estimate of drug-likeness (QED) is 0.815. The van der Waals surface area contributed by atoms with E-state index in [1.807, 2.05) is 0 Å². The molecule has 2 heterocycles. The molecular weight excluding hydrogens is 224 g/mol. The van der Waals surface area contributed by atoms with Crippen LogP contribution in [0.2, 0.25) is 0 Å². The molecule has 3 heteroatoms. The van der Waals surface area contributed by atoms with Crippen LogP contribution in [0.3, 0.4) is 0 Å². The largest absolute Gasteiger partial charge is 0.377 e. The van der Waals surface area contributed by atoms with Gasteiger partial charge in [0.2, 0.25) is 0 Å². The number of hydrogen-bond donors (Lipinski definition) is 1. The van der Waals surface area contributed by atoms with Gasteiger partial charge in [0.15, 0.2) is 0 Å². The lowest BCUT2D eigenvalue weighted by Crippen LogP contribution is -2.43. The molecule has 2 rings (SSSR count). The topological polar surface area (TPSA) is 24.5 Å². The van der Waals surface area contributed by atoms with Crippen molar-refractivity contribution < 1.29 is 4.74 Å². The maximum absolute atomic E-state index is 5.83. The lowest BCUT2D eigenvalue weighted by molar-refractivity contribution is -0.00827. The van der Waals surface area contributed by atoms with Gasteiger partial charge in [-0.2, -0.15) is 0 Å². The van der Waals surface area contributed by atoms with Crippen molar-refractivity contribution in [2.45, 2.75) is 70.1 Å². The first-order valence-corrected chi connectivity index (χ1v) is 7.81. The minimum Gasteiger partial charge on any atom is -0.377 e. The molecule has 0 saturated carbocycles. The van der Waals surface area contributed by atoms with Crippen LogP contribution in [0, 0.1) is 0 Å². The molecule has 0 aromatic heterocycles. The minimum atomic E-state index is 0.477. The Balaban J connectivity index is 1.68. The molecule has 2 aliphatic heterocycles. The third kappa shape index (κ3) is 4.52. The van der Waals surface area contributed by atoms with Crippen molar-refractivity contribution in [3.63, 3.8) is 0 Å². The average molecular weight is 254 g/mol. The van der Waals surface area contributed by atoms with Crippen LogP contribution in [0.1, 0.15) is 51.9 Å². The first-order valence-electron chi connectivity index (χ1n) is 7.81. The summed E-state index contributed by atoms with van der Waals surface area (Å²) >= 11 is 0. The third-order valence-corrected chi connectivity index (χ3v) is 4.56. The number of hydrogen-bond acceptors (Lipinski definition) is 3. The Hall–Kier alpha value is -0.120. The third-order valence-electron chi connectivity index (χ3n) is 4.56. The zero-order chi connectivity index (χ0) is 12.8. The highest BCUT2D eigenvalue weighted by Crippen LogP contribution is 2.17. The van der Waals surface area contributed by atoms with E-state index in [-0.39, 0.29) is 0 Å². The van der Waals surface area contributed by atoms with E-state index in [1.165, 1.54) is 51.5 Å². The van der Waals surface area contributed by atoms with Crippen LogP contribution in [0.4, 0.5) is 0 Å². The highest BCUT2D eigenvalue weighted by Gasteiger charge is 2.21. The fraction of sp³-hybridized carbons (Fsp3) is 1.00. The highest BCUT2D eigenvalue weighted by molar-refractivity contribution is 4.79. The molecule has 0 radical (unpaired) electrons. The highest BCUT2D eigenvalue weighted by atomic mass is 16.5. The normalized spacial score (nSPS) is 31.5. The summed E-state index contributed by atoms with van der Waals surface area (Å²) in [6.45, 7) is 5.65. The Kier molecular flexibility index (Phi) is 5.93. The SMILES string of the molecule is CC(CC1CCCCN1)N(C)CC1CCCCO1. The van der Waals surface area contributed by atoms with Crippen molar-refractivity contribution in [1.29, 1.82) is 0 Å². The summed E-state index contributed by atoms with van der Waals surface area (Å²) < 4.78 is 5.83. The summed E-state index contributed by atoms with van der Waals surface area (Å²) in [5.74, 6) is 0. The summed E-state index contributed by atoms with van der Waals surface area (Å²) in [4.78, 5) is 2.49. The van der Waals surface area contributed by atoms with E-state index >= 15 is 0 Å². The van der Waals surface area contributed by atoms with Gasteiger partial charge in [0, 0.05) is 25.2 Å². The smallest absolute Gasteiger partial charge is 0.0702 e. The van der Waals surface area contributed by atoms with E-state index in [9.17, 15) is 0 Å². The minimum absolute atomic E-state index is 0.477. The first kappa shape index (κ1) is 14.3. The van der Waals surface area contributed by atoms with Crippen molar-refractivity contribution in [1.82, 2.24) is 10.2 Å². The molecule has 0 aromatic carbocycles. The number of piperidine rings is 1. The number of ether oxygens (including phenoxy) is 1. The summed E-state index contributed by atoms with van der Waals surface area (Å²) in [5.41, 5.74) is 0. The monoisotopic (exact) mass is 254 g/mol. The molecule has 2 fully saturated rings. The van der Waals surface area contributed by atoms with Crippen LogP contribution in [-0.2, 0) is 4.74 Å². The van der Waals surface area contributed by atoms with E-state index in [0.29, 0.717) is 12.1 Å². The molecule has 0 aliphatic carbocycles. The molecule has 106 valence electrons. The van der Waals surface area contributed by atoms with Gasteiger partial charge >= 0.3 is 0 Å². The van der Waals surface area contributed by atoms with Crippen molar-refractivity contribution >= 4 is 0 Å². The zero-order valence-corrected chi connectivity index (χ0v) is 12.2. The van der Waals surface area contributed by atoms with Gasteiger partial charge < -0.3 is 15.0 Å². The predicted molar refractivity (Wildman–Crippen MR) is 75.9 cm³/mol. The van der Waals surface area contributed by atoms with E-state index in [2.05, 4.69) is 24.2 Å². The Labute approximate surface area is 112 Å². The van der Waals surface area contributed by atoms with Crippen molar-refractivity contribution in [3.8, 4) is 0 Å². The Morgan fingerprint density at radius 1 is 1.22 bits per heavy atom. The molecule has 3 unspecified atom stereocenters. The second kappa shape index (κ2) is 7.46. The lowest BCUT2D eigenvalue weighted by Gasteiger charge is -2.34. The second-order valence-electron chi connectivity index (χ2n) is 6.16. The summed E-state index contributed by atoms with van der Waals surface area (Å²) in [7, 11) is 2.26. The number of nitrogens with one attached hydrogen (secondary N) is 1. The predicted octanol–water partition coefficient (Wildman–Crippen LogP) is 2.41. The van der Waals surface area contributed by atoms with Crippen LogP contribution < -0.4 is 5.32 Å². The summed E-state index contributed by atoms with van der Waals surface area (Å²) in [6.07, 6.45) is 9.72. The van der Waals surface area contributed by atoms with Gasteiger partial charge in [-0.3, -0.25) is 0 Å². The van der Waals surface area contributed by atoms with E-state index in [4.69, 9.17) is 4.74 Å². The summed E-state index contributed by atoms with van der Waals surface area (Å²) in [6, 6.07) is 1.40. The molecule has 3 atom stereocenters. The molecule has 0 amide bonds. The van der Waals surface area contributed by atoms with Crippen molar-refractivity contribution in [2.75, 3.05) is 26.7 Å².